The first-order valence-corrected chi connectivity index (χ1v) is 3.04. The molecule has 1 unspecified atom stereocenters. The monoisotopic (exact) mass is 115 g/mol. The van der Waals surface area contributed by atoms with Crippen LogP contribution >= 0.6 is 11.6 Å². The van der Waals surface area contributed by atoms with Gasteiger partial charge in [-0.25, -0.2) is 0 Å². The minimum atomic E-state index is 0.272. The summed E-state index contributed by atoms with van der Waals surface area (Å²) in [5.41, 5.74) is 0. The van der Waals surface area contributed by atoms with Gasteiger partial charge in [-0.1, -0.05) is 6.08 Å². The fourth-order valence-electron chi connectivity index (χ4n) is 0.694. The van der Waals surface area contributed by atoms with Crippen LogP contribution in [0.1, 0.15) is 19.3 Å². The Balaban J connectivity index is 2.36. The van der Waals surface area contributed by atoms with Crippen molar-refractivity contribution in [2.75, 3.05) is 0 Å². The highest BCUT2D eigenvalue weighted by Crippen LogP contribution is 2.13. The molecule has 7 heavy (non-hydrogen) atoms. The van der Waals surface area contributed by atoms with E-state index in [1.807, 2.05) is 6.08 Å². The van der Waals surface area contributed by atoms with Gasteiger partial charge in [-0.3, -0.25) is 0 Å². The van der Waals surface area contributed by atoms with Crippen molar-refractivity contribution < 1.29 is 0 Å². The summed E-state index contributed by atoms with van der Waals surface area (Å²) in [5.74, 6) is 0. The predicted octanol–water partition coefficient (Wildman–Crippen LogP) is 2.14. The Bertz CT molecular complexity index is 76.2. The zero-order chi connectivity index (χ0) is 5.11. The zero-order valence-electron chi connectivity index (χ0n) is 4.15. The van der Waals surface area contributed by atoms with E-state index in [-0.39, 0.29) is 5.38 Å². The zero-order valence-corrected chi connectivity index (χ0v) is 4.91. The molecule has 1 radical (unpaired) electrons. The molecule has 0 nitrogen and oxygen atoms in total. The first kappa shape index (κ1) is 5.17. The molecule has 1 aliphatic rings. The Morgan fingerprint density at radius 2 is 2.57 bits per heavy atom. The van der Waals surface area contributed by atoms with Gasteiger partial charge in [-0.2, -0.15) is 0 Å². The number of allylic oxidation sites excluding steroid dienone is 2. The number of hydrogen-bond acceptors (Lipinski definition) is 0. The van der Waals surface area contributed by atoms with Crippen LogP contribution in [-0.4, -0.2) is 5.38 Å². The SMILES string of the molecule is ClC1C=[C]CCC1. The van der Waals surface area contributed by atoms with E-state index in [1.54, 1.807) is 0 Å². The maximum absolute atomic E-state index is 5.70. The van der Waals surface area contributed by atoms with Crippen LogP contribution in [-0.2, 0) is 0 Å². The van der Waals surface area contributed by atoms with E-state index in [2.05, 4.69) is 6.08 Å². The summed E-state index contributed by atoms with van der Waals surface area (Å²) >= 11 is 5.70. The van der Waals surface area contributed by atoms with Gasteiger partial charge in [0.1, 0.15) is 0 Å². The van der Waals surface area contributed by atoms with E-state index >= 15 is 0 Å². The summed E-state index contributed by atoms with van der Waals surface area (Å²) in [5, 5.41) is 0.272. The second kappa shape index (κ2) is 2.37. The molecule has 0 aromatic carbocycles. The minimum Gasteiger partial charge on any atom is -0.118 e. The third-order valence-electron chi connectivity index (χ3n) is 1.10. The molecule has 1 rings (SSSR count). The van der Waals surface area contributed by atoms with Gasteiger partial charge in [0.15, 0.2) is 0 Å². The highest BCUT2D eigenvalue weighted by molar-refractivity contribution is 6.21. The standard InChI is InChI=1S/C6H8Cl/c7-6-4-2-1-3-5-6/h5-6H,1-2,4H2. The Morgan fingerprint density at radius 3 is 2.86 bits per heavy atom. The van der Waals surface area contributed by atoms with E-state index in [1.165, 1.54) is 6.42 Å². The number of alkyl halides is 1. The van der Waals surface area contributed by atoms with Crippen molar-refractivity contribution >= 4 is 11.6 Å². The van der Waals surface area contributed by atoms with E-state index in [0.717, 1.165) is 12.8 Å². The molecular weight excluding hydrogens is 108 g/mol. The van der Waals surface area contributed by atoms with Gasteiger partial charge in [0.05, 0.1) is 5.38 Å². The molecule has 0 saturated heterocycles. The molecule has 0 saturated carbocycles. The minimum absolute atomic E-state index is 0.272. The van der Waals surface area contributed by atoms with Crippen LogP contribution in [0.3, 0.4) is 0 Å². The molecule has 0 fully saturated rings. The lowest BCUT2D eigenvalue weighted by atomic mass is 10.1. The average molecular weight is 116 g/mol. The van der Waals surface area contributed by atoms with Gasteiger partial charge in [-0.05, 0) is 25.3 Å². The highest BCUT2D eigenvalue weighted by atomic mass is 35.5. The Hall–Kier alpha value is 0.0300. The molecule has 0 bridgehead atoms. The van der Waals surface area contributed by atoms with Gasteiger partial charge >= 0.3 is 0 Å². The van der Waals surface area contributed by atoms with Crippen LogP contribution in [0, 0.1) is 6.08 Å². The normalized spacial score (nSPS) is 30.7. The lowest BCUT2D eigenvalue weighted by molar-refractivity contribution is 0.723. The van der Waals surface area contributed by atoms with Crippen molar-refractivity contribution in [2.24, 2.45) is 0 Å². The van der Waals surface area contributed by atoms with Crippen molar-refractivity contribution in [1.82, 2.24) is 0 Å². The van der Waals surface area contributed by atoms with Crippen LogP contribution in [0.2, 0.25) is 0 Å². The molecule has 0 heterocycles. The van der Waals surface area contributed by atoms with E-state index in [0.29, 0.717) is 0 Å². The quantitative estimate of drug-likeness (QED) is 0.425. The average Bonchev–Trinajstić information content (AvgIpc) is 1.69. The molecule has 0 N–H and O–H groups in total. The number of hydrogen-bond donors (Lipinski definition) is 0. The van der Waals surface area contributed by atoms with Crippen molar-refractivity contribution in [3.63, 3.8) is 0 Å². The molecule has 39 valence electrons. The van der Waals surface area contributed by atoms with E-state index in [4.69, 9.17) is 11.6 Å². The molecular formula is C6H8Cl. The summed E-state index contributed by atoms with van der Waals surface area (Å²) in [4.78, 5) is 0. The summed E-state index contributed by atoms with van der Waals surface area (Å²) in [6.07, 6.45) is 8.47. The first-order chi connectivity index (χ1) is 3.39. The smallest absolute Gasteiger partial charge is 0.0521 e. The molecule has 0 aromatic heterocycles. The third-order valence-corrected chi connectivity index (χ3v) is 1.44. The van der Waals surface area contributed by atoms with Crippen molar-refractivity contribution in [3.8, 4) is 0 Å². The fraction of sp³-hybridized carbons (Fsp3) is 0.667. The molecule has 0 aliphatic heterocycles. The van der Waals surface area contributed by atoms with Gasteiger partial charge in [0.2, 0.25) is 0 Å². The summed E-state index contributed by atoms with van der Waals surface area (Å²) < 4.78 is 0. The van der Waals surface area contributed by atoms with Gasteiger partial charge in [0.25, 0.3) is 0 Å². The maximum atomic E-state index is 5.70. The first-order valence-electron chi connectivity index (χ1n) is 2.60. The lowest BCUT2D eigenvalue weighted by Gasteiger charge is -2.05. The Kier molecular flexibility index (Phi) is 1.75. The third kappa shape index (κ3) is 1.52. The fourth-order valence-corrected chi connectivity index (χ4v) is 0.937. The second-order valence-electron chi connectivity index (χ2n) is 1.78. The van der Waals surface area contributed by atoms with Crippen molar-refractivity contribution in [3.05, 3.63) is 12.2 Å². The summed E-state index contributed by atoms with van der Waals surface area (Å²) in [6.45, 7) is 0. The number of rotatable bonds is 0. The van der Waals surface area contributed by atoms with Gasteiger partial charge in [0, 0.05) is 0 Å². The Morgan fingerprint density at radius 1 is 1.71 bits per heavy atom. The van der Waals surface area contributed by atoms with Crippen LogP contribution in [0.25, 0.3) is 0 Å². The second-order valence-corrected chi connectivity index (χ2v) is 2.34. The highest BCUT2D eigenvalue weighted by Gasteiger charge is 2.01. The van der Waals surface area contributed by atoms with Gasteiger partial charge in [-0.15, -0.1) is 11.6 Å². The maximum Gasteiger partial charge on any atom is 0.0521 e. The van der Waals surface area contributed by atoms with E-state index in [9.17, 15) is 0 Å². The molecule has 1 aliphatic carbocycles. The van der Waals surface area contributed by atoms with Crippen LogP contribution in [0.4, 0.5) is 0 Å². The molecule has 1 atom stereocenters. The summed E-state index contributed by atoms with van der Waals surface area (Å²) in [7, 11) is 0. The van der Waals surface area contributed by atoms with Crippen LogP contribution < -0.4 is 0 Å². The van der Waals surface area contributed by atoms with Crippen molar-refractivity contribution in [2.45, 2.75) is 24.6 Å². The summed E-state index contributed by atoms with van der Waals surface area (Å²) in [6, 6.07) is 0. The number of halogens is 1. The van der Waals surface area contributed by atoms with E-state index < -0.39 is 0 Å². The lowest BCUT2D eigenvalue weighted by Crippen LogP contribution is -1.96. The molecule has 0 amide bonds. The van der Waals surface area contributed by atoms with Crippen LogP contribution in [0.5, 0.6) is 0 Å². The topological polar surface area (TPSA) is 0 Å². The van der Waals surface area contributed by atoms with Crippen molar-refractivity contribution in [1.29, 1.82) is 0 Å². The largest absolute Gasteiger partial charge is 0.118 e. The Labute approximate surface area is 49.2 Å². The molecule has 0 aromatic rings. The molecule has 0 spiro atoms. The predicted molar refractivity (Wildman–Crippen MR) is 31.3 cm³/mol. The molecule has 1 heteroatoms. The van der Waals surface area contributed by atoms with Gasteiger partial charge < -0.3 is 0 Å². The van der Waals surface area contributed by atoms with Crippen LogP contribution in [0.15, 0.2) is 6.08 Å².